The Kier molecular flexibility index (Phi) is 15.4. The van der Waals surface area contributed by atoms with E-state index in [1.165, 1.54) is 31.3 Å². The Morgan fingerprint density at radius 3 is 2.05 bits per heavy atom. The molecule has 0 aliphatic heterocycles. The zero-order valence-corrected chi connectivity index (χ0v) is 26.1. The number of carbonyl (C=O) groups is 3. The summed E-state index contributed by atoms with van der Waals surface area (Å²) < 4.78 is 35.0. The first-order valence-corrected chi connectivity index (χ1v) is 14.1. The molecule has 1 unspecified atom stereocenters. The second kappa shape index (κ2) is 17.4. The molecule has 5 N–H and O–H groups in total. The second-order valence-corrected chi connectivity index (χ2v) is 10.8. The minimum atomic E-state index is -4.68. The summed E-state index contributed by atoms with van der Waals surface area (Å²) in [6.45, 7) is 3.84. The molecule has 0 aliphatic rings. The van der Waals surface area contributed by atoms with Crippen molar-refractivity contribution in [1.29, 1.82) is 0 Å². The molecule has 1 radical (unpaired) electrons. The Bertz CT molecular complexity index is 1190. The van der Waals surface area contributed by atoms with E-state index in [2.05, 4.69) is 14.8 Å². The minimum absolute atomic E-state index is 0. The average Bonchev–Trinajstić information content (AvgIpc) is 2.89. The third kappa shape index (κ3) is 12.4. The van der Waals surface area contributed by atoms with Crippen LogP contribution in [0.3, 0.4) is 0 Å². The summed E-state index contributed by atoms with van der Waals surface area (Å²) in [5.74, 6) is -3.29. The molecule has 2 aromatic rings. The summed E-state index contributed by atoms with van der Waals surface area (Å²) in [4.78, 5) is 38.9. The van der Waals surface area contributed by atoms with Gasteiger partial charge < -0.3 is 14.8 Å². The summed E-state index contributed by atoms with van der Waals surface area (Å²) in [6, 6.07) is 14.4. The van der Waals surface area contributed by atoms with Crippen LogP contribution in [0.5, 0.6) is 5.75 Å². The number of benzene rings is 2. The van der Waals surface area contributed by atoms with Crippen LogP contribution in [0.4, 0.5) is 0 Å². The van der Waals surface area contributed by atoms with Gasteiger partial charge in [0.1, 0.15) is 11.8 Å². The van der Waals surface area contributed by atoms with Gasteiger partial charge >= 0.3 is 10.4 Å². The van der Waals surface area contributed by atoms with Crippen molar-refractivity contribution in [3.8, 4) is 5.75 Å². The molecule has 0 saturated heterocycles. The Morgan fingerprint density at radius 1 is 0.900 bits per heavy atom. The number of amides is 3. The van der Waals surface area contributed by atoms with Gasteiger partial charge in [-0.1, -0.05) is 56.3 Å². The number of likely N-dealkylation sites (N-methyl/N-ethyl adjacent to an activating group) is 1. The van der Waals surface area contributed by atoms with Gasteiger partial charge in [0, 0.05) is 48.9 Å². The zero-order valence-electron chi connectivity index (χ0n) is 23.3. The molecule has 0 heterocycles. The van der Waals surface area contributed by atoms with Crippen molar-refractivity contribution < 1.29 is 36.7 Å². The topological polar surface area (TPSA) is 171 Å². The number of hydroxylamine groups is 1. The molecule has 0 fully saturated rings. The molecule has 11 nitrogen and oxygen atoms in total. The van der Waals surface area contributed by atoms with Crippen molar-refractivity contribution in [2.45, 2.75) is 52.0 Å². The summed E-state index contributed by atoms with van der Waals surface area (Å²) >= 11 is 0. The number of hydrogen-bond donors (Lipinski definition) is 5. The van der Waals surface area contributed by atoms with E-state index in [4.69, 9.17) is 4.55 Å². The third-order valence-electron chi connectivity index (χ3n) is 6.26. The van der Waals surface area contributed by atoms with Gasteiger partial charge in [-0.05, 0) is 54.9 Å². The van der Waals surface area contributed by atoms with Crippen molar-refractivity contribution >= 4 is 57.7 Å². The smallest absolute Gasteiger partial charge is 0.362 e. The van der Waals surface area contributed by atoms with Crippen LogP contribution in [0.2, 0.25) is 0 Å². The van der Waals surface area contributed by atoms with Crippen LogP contribution >= 0.6 is 0 Å². The summed E-state index contributed by atoms with van der Waals surface area (Å²) in [6.07, 6.45) is 2.09. The molecule has 0 bridgehead atoms. The van der Waals surface area contributed by atoms with Crippen LogP contribution in [-0.2, 0) is 37.6 Å². The molecule has 0 saturated carbocycles. The normalized spacial score (nSPS) is 13.3. The SMILES string of the molecule is CNC(=O)[C@H](Cc1ccc(OS(=O)(=O)O)cc1)NC(=O)[C@H](CC(C)C)C(CCCc1ccccc1)C(=O)NO.[Na]. The molecule has 0 aromatic heterocycles. The van der Waals surface area contributed by atoms with Crippen molar-refractivity contribution in [2.75, 3.05) is 7.05 Å². The third-order valence-corrected chi connectivity index (χ3v) is 6.67. The van der Waals surface area contributed by atoms with Crippen LogP contribution in [0, 0.1) is 17.8 Å². The van der Waals surface area contributed by atoms with E-state index >= 15 is 0 Å². The molecule has 40 heavy (non-hydrogen) atoms. The van der Waals surface area contributed by atoms with E-state index in [-0.39, 0.29) is 47.6 Å². The van der Waals surface area contributed by atoms with E-state index in [1.54, 1.807) is 5.48 Å². The Hall–Kier alpha value is -2.48. The molecule has 2 rings (SSSR count). The first kappa shape index (κ1) is 35.5. The molecular weight excluding hydrogens is 549 g/mol. The van der Waals surface area contributed by atoms with E-state index in [1.807, 2.05) is 44.2 Å². The summed E-state index contributed by atoms with van der Waals surface area (Å²) in [5, 5.41) is 14.7. The van der Waals surface area contributed by atoms with Gasteiger partial charge in [0.15, 0.2) is 0 Å². The number of nitrogens with one attached hydrogen (secondary N) is 3. The largest absolute Gasteiger partial charge is 0.446 e. The molecule has 2 aromatic carbocycles. The fourth-order valence-corrected chi connectivity index (χ4v) is 4.79. The fourth-order valence-electron chi connectivity index (χ4n) is 4.43. The molecule has 0 aliphatic carbocycles. The van der Waals surface area contributed by atoms with Crippen LogP contribution in [0.1, 0.15) is 44.2 Å². The van der Waals surface area contributed by atoms with Crippen molar-refractivity contribution in [2.24, 2.45) is 17.8 Å². The maximum Gasteiger partial charge on any atom is 0.446 e. The predicted molar refractivity (Wildman–Crippen MR) is 150 cm³/mol. The van der Waals surface area contributed by atoms with Crippen LogP contribution < -0.4 is 20.3 Å². The monoisotopic (exact) mass is 586 g/mol. The van der Waals surface area contributed by atoms with Crippen LogP contribution in [0.25, 0.3) is 0 Å². The molecule has 0 spiro atoms. The van der Waals surface area contributed by atoms with Gasteiger partial charge in [-0.3, -0.25) is 24.1 Å². The van der Waals surface area contributed by atoms with Gasteiger partial charge in [-0.15, -0.1) is 0 Å². The first-order valence-electron chi connectivity index (χ1n) is 12.7. The van der Waals surface area contributed by atoms with Crippen molar-refractivity contribution in [1.82, 2.24) is 16.1 Å². The average molecular weight is 587 g/mol. The van der Waals surface area contributed by atoms with Crippen LogP contribution in [0.15, 0.2) is 54.6 Å². The molecule has 3 atom stereocenters. The second-order valence-electron chi connectivity index (χ2n) is 9.73. The first-order chi connectivity index (χ1) is 18.4. The van der Waals surface area contributed by atoms with E-state index in [9.17, 15) is 28.0 Å². The maximum absolute atomic E-state index is 13.5. The molecule has 3 amide bonds. The molecule has 13 heteroatoms. The van der Waals surface area contributed by atoms with Gasteiger partial charge in [-0.2, -0.15) is 8.42 Å². The van der Waals surface area contributed by atoms with Gasteiger partial charge in [0.25, 0.3) is 0 Å². The minimum Gasteiger partial charge on any atom is -0.362 e. The summed E-state index contributed by atoms with van der Waals surface area (Å²) in [7, 11) is -3.25. The molecule has 215 valence electrons. The maximum atomic E-state index is 13.5. The van der Waals surface area contributed by atoms with Gasteiger partial charge in [-0.25, -0.2) is 5.48 Å². The Balaban J connectivity index is 0.00000800. The van der Waals surface area contributed by atoms with E-state index < -0.39 is 46.0 Å². The number of aryl methyl sites for hydroxylation is 1. The Morgan fingerprint density at radius 2 is 1.52 bits per heavy atom. The number of rotatable bonds is 15. The standard InChI is InChI=1S/C27H37N3O8S.Na/c1-18(2)16-23(22(26(32)30-34)11-7-10-19-8-5-4-6-9-19)25(31)29-24(27(33)28-3)17-20-12-14-21(15-13-20)38-39(35,36)37;/h4-6,8-9,12-15,18,22-24,34H,7,10-11,16-17H2,1-3H3,(H,28,33)(H,29,31)(H,30,32)(H,35,36,37);/t22?,23-,24+;/m1./s1. The Labute approximate surface area is 257 Å². The number of hydrogen-bond acceptors (Lipinski definition) is 7. The van der Waals surface area contributed by atoms with Crippen molar-refractivity contribution in [3.05, 3.63) is 65.7 Å². The molecular formula is C27H37N3NaO8S. The van der Waals surface area contributed by atoms with E-state index in [0.717, 1.165) is 5.56 Å². The predicted octanol–water partition coefficient (Wildman–Crippen LogP) is 2.07. The quantitative estimate of drug-likeness (QED) is 0.0914. The number of carbonyl (C=O) groups excluding carboxylic acids is 3. The van der Waals surface area contributed by atoms with Crippen LogP contribution in [-0.4, -0.2) is 78.5 Å². The zero-order chi connectivity index (χ0) is 29.0. The fraction of sp³-hybridized carbons (Fsp3) is 0.444. The van der Waals surface area contributed by atoms with E-state index in [0.29, 0.717) is 31.2 Å². The van der Waals surface area contributed by atoms with Gasteiger partial charge in [0.2, 0.25) is 17.7 Å². The summed E-state index contributed by atoms with van der Waals surface area (Å²) in [5.41, 5.74) is 3.38. The van der Waals surface area contributed by atoms with Gasteiger partial charge in [0.05, 0.1) is 5.92 Å². The van der Waals surface area contributed by atoms with Crippen molar-refractivity contribution in [3.63, 3.8) is 0 Å².